The molecule has 0 bridgehead atoms. The highest BCUT2D eigenvalue weighted by molar-refractivity contribution is 5.89. The summed E-state index contributed by atoms with van der Waals surface area (Å²) >= 11 is 0. The Hall–Kier alpha value is -1.46. The first-order chi connectivity index (χ1) is 10.0. The van der Waals surface area contributed by atoms with E-state index < -0.39 is 17.4 Å². The number of nitrogens with one attached hydrogen (secondary N) is 1. The Morgan fingerprint density at radius 3 is 2.71 bits per heavy atom. The molecule has 1 aromatic rings. The summed E-state index contributed by atoms with van der Waals surface area (Å²) in [6.45, 7) is 0.966. The van der Waals surface area contributed by atoms with Gasteiger partial charge >= 0.3 is 5.97 Å². The molecule has 21 heavy (non-hydrogen) atoms. The van der Waals surface area contributed by atoms with Crippen molar-refractivity contribution >= 4 is 5.97 Å². The Morgan fingerprint density at radius 2 is 2.10 bits per heavy atom. The number of methoxy groups -OCH3 is 1. The van der Waals surface area contributed by atoms with Crippen LogP contribution in [-0.4, -0.2) is 30.3 Å². The van der Waals surface area contributed by atoms with Gasteiger partial charge in [-0.15, -0.1) is 0 Å². The van der Waals surface area contributed by atoms with Gasteiger partial charge in [0.15, 0.2) is 0 Å². The summed E-state index contributed by atoms with van der Waals surface area (Å²) in [6, 6.07) is 4.44. The molecule has 0 radical (unpaired) electrons. The molecule has 0 amide bonds. The lowest BCUT2D eigenvalue weighted by Crippen LogP contribution is -2.41. The molecule has 0 aromatic heterocycles. The molecule has 1 fully saturated rings. The number of carbonyl (C=O) groups is 1. The van der Waals surface area contributed by atoms with E-state index in [2.05, 4.69) is 10.1 Å². The van der Waals surface area contributed by atoms with Crippen LogP contribution in [-0.2, 0) is 11.3 Å². The third-order valence-electron chi connectivity index (χ3n) is 4.01. The molecule has 1 aromatic carbocycles. The van der Waals surface area contributed by atoms with Gasteiger partial charge in [-0.05, 0) is 30.5 Å². The summed E-state index contributed by atoms with van der Waals surface area (Å²) in [6.07, 6.45) is 4.93. The van der Waals surface area contributed by atoms with Crippen LogP contribution in [0.2, 0.25) is 0 Å². The molecule has 116 valence electrons. The first-order valence-electron chi connectivity index (χ1n) is 7.34. The summed E-state index contributed by atoms with van der Waals surface area (Å²) in [7, 11) is 1.22. The van der Waals surface area contributed by atoms with Crippen LogP contribution >= 0.6 is 0 Å². The molecule has 5 heteroatoms. The fourth-order valence-electron chi connectivity index (χ4n) is 2.77. The van der Waals surface area contributed by atoms with Crippen LogP contribution in [0.1, 0.15) is 48.0 Å². The number of halogens is 1. The molecule has 0 spiro atoms. The lowest BCUT2D eigenvalue weighted by molar-refractivity contribution is 0.00467. The molecule has 0 heterocycles. The highest BCUT2D eigenvalue weighted by atomic mass is 19.1. The van der Waals surface area contributed by atoms with E-state index in [1.54, 1.807) is 6.07 Å². The molecule has 1 saturated carbocycles. The summed E-state index contributed by atoms with van der Waals surface area (Å²) in [5, 5.41) is 13.5. The van der Waals surface area contributed by atoms with Gasteiger partial charge in [0, 0.05) is 13.1 Å². The number of hydrogen-bond acceptors (Lipinski definition) is 4. The van der Waals surface area contributed by atoms with Gasteiger partial charge in [-0.2, -0.15) is 0 Å². The minimum Gasteiger partial charge on any atom is -0.465 e. The number of esters is 1. The monoisotopic (exact) mass is 295 g/mol. The van der Waals surface area contributed by atoms with Crippen LogP contribution in [0.3, 0.4) is 0 Å². The second kappa shape index (κ2) is 7.00. The van der Waals surface area contributed by atoms with Gasteiger partial charge in [0.2, 0.25) is 0 Å². The first-order valence-corrected chi connectivity index (χ1v) is 7.34. The topological polar surface area (TPSA) is 58.6 Å². The standard InChI is InChI=1S/C16H22FNO3/c1-21-15(19)13-6-5-12(9-14(13)17)10-18-11-16(20)7-3-2-4-8-16/h5-6,9,18,20H,2-4,7-8,10-11H2,1H3. The van der Waals surface area contributed by atoms with Gasteiger partial charge in [0.25, 0.3) is 0 Å². The van der Waals surface area contributed by atoms with Crippen LogP contribution in [0, 0.1) is 5.82 Å². The van der Waals surface area contributed by atoms with Gasteiger partial charge < -0.3 is 15.2 Å². The fourth-order valence-corrected chi connectivity index (χ4v) is 2.77. The lowest BCUT2D eigenvalue weighted by atomic mass is 9.85. The van der Waals surface area contributed by atoms with E-state index in [4.69, 9.17) is 0 Å². The van der Waals surface area contributed by atoms with Crippen molar-refractivity contribution in [2.45, 2.75) is 44.2 Å². The number of carbonyl (C=O) groups excluding carboxylic acids is 1. The molecular weight excluding hydrogens is 273 g/mol. The minimum absolute atomic E-state index is 0.0628. The summed E-state index contributed by atoms with van der Waals surface area (Å²) in [4.78, 5) is 11.3. The maximum Gasteiger partial charge on any atom is 0.340 e. The van der Waals surface area contributed by atoms with Crippen LogP contribution in [0.25, 0.3) is 0 Å². The van der Waals surface area contributed by atoms with Crippen molar-refractivity contribution in [2.75, 3.05) is 13.7 Å². The zero-order valence-corrected chi connectivity index (χ0v) is 12.3. The van der Waals surface area contributed by atoms with E-state index in [0.717, 1.165) is 31.2 Å². The zero-order valence-electron chi connectivity index (χ0n) is 12.3. The van der Waals surface area contributed by atoms with Crippen LogP contribution in [0.5, 0.6) is 0 Å². The molecular formula is C16H22FNO3. The first kappa shape index (κ1) is 15.9. The number of ether oxygens (including phenoxy) is 1. The van der Waals surface area contributed by atoms with Crippen molar-refractivity contribution in [3.63, 3.8) is 0 Å². The van der Waals surface area contributed by atoms with Crippen molar-refractivity contribution < 1.29 is 19.0 Å². The van der Waals surface area contributed by atoms with Gasteiger partial charge in [-0.25, -0.2) is 9.18 Å². The van der Waals surface area contributed by atoms with Crippen molar-refractivity contribution in [3.05, 3.63) is 35.1 Å². The van der Waals surface area contributed by atoms with E-state index in [9.17, 15) is 14.3 Å². The molecule has 2 N–H and O–H groups in total. The molecule has 0 saturated heterocycles. The van der Waals surface area contributed by atoms with Gasteiger partial charge in [0.1, 0.15) is 5.82 Å². The Kier molecular flexibility index (Phi) is 5.31. The number of hydrogen-bond donors (Lipinski definition) is 2. The predicted octanol–water partition coefficient (Wildman–Crippen LogP) is 2.40. The second-order valence-electron chi connectivity index (χ2n) is 5.69. The van der Waals surface area contributed by atoms with Crippen molar-refractivity contribution in [3.8, 4) is 0 Å². The Balaban J connectivity index is 1.89. The number of aliphatic hydroxyl groups is 1. The van der Waals surface area contributed by atoms with Crippen LogP contribution in [0.15, 0.2) is 18.2 Å². The van der Waals surface area contributed by atoms with E-state index >= 15 is 0 Å². The maximum atomic E-state index is 13.8. The normalized spacial score (nSPS) is 17.5. The molecule has 0 aliphatic heterocycles. The van der Waals surface area contributed by atoms with Gasteiger partial charge in [-0.3, -0.25) is 0 Å². The summed E-state index contributed by atoms with van der Waals surface area (Å²) in [5.41, 5.74) is 0.0367. The fraction of sp³-hybridized carbons (Fsp3) is 0.562. The molecule has 0 unspecified atom stereocenters. The van der Waals surface area contributed by atoms with Crippen molar-refractivity contribution in [1.29, 1.82) is 0 Å². The van der Waals surface area contributed by atoms with Crippen molar-refractivity contribution in [2.24, 2.45) is 0 Å². The molecule has 0 atom stereocenters. The average molecular weight is 295 g/mol. The third-order valence-corrected chi connectivity index (χ3v) is 4.01. The Labute approximate surface area is 124 Å². The molecule has 1 aliphatic carbocycles. The quantitative estimate of drug-likeness (QED) is 0.819. The van der Waals surface area contributed by atoms with Crippen molar-refractivity contribution in [1.82, 2.24) is 5.32 Å². The molecule has 1 aliphatic rings. The van der Waals surface area contributed by atoms with Gasteiger partial charge in [0.05, 0.1) is 18.3 Å². The number of rotatable bonds is 5. The van der Waals surface area contributed by atoms with Crippen LogP contribution < -0.4 is 5.32 Å². The third kappa shape index (κ3) is 4.25. The molecule has 2 rings (SSSR count). The van der Waals surface area contributed by atoms with E-state index in [0.29, 0.717) is 13.1 Å². The smallest absolute Gasteiger partial charge is 0.340 e. The zero-order chi connectivity index (χ0) is 15.3. The van der Waals surface area contributed by atoms with E-state index in [1.807, 2.05) is 0 Å². The SMILES string of the molecule is COC(=O)c1ccc(CNCC2(O)CCCCC2)cc1F. The average Bonchev–Trinajstić information content (AvgIpc) is 2.47. The largest absolute Gasteiger partial charge is 0.465 e. The lowest BCUT2D eigenvalue weighted by Gasteiger charge is -2.32. The van der Waals surface area contributed by atoms with Crippen LogP contribution in [0.4, 0.5) is 4.39 Å². The Morgan fingerprint density at radius 1 is 1.38 bits per heavy atom. The van der Waals surface area contributed by atoms with Gasteiger partial charge in [-0.1, -0.05) is 25.3 Å². The predicted molar refractivity (Wildman–Crippen MR) is 77.5 cm³/mol. The molecule has 4 nitrogen and oxygen atoms in total. The summed E-state index contributed by atoms with van der Waals surface area (Å²) in [5.74, 6) is -1.26. The Bertz CT molecular complexity index is 498. The number of benzene rings is 1. The highest BCUT2D eigenvalue weighted by Gasteiger charge is 2.28. The highest BCUT2D eigenvalue weighted by Crippen LogP contribution is 2.27. The van der Waals surface area contributed by atoms with E-state index in [1.165, 1.54) is 25.7 Å². The van der Waals surface area contributed by atoms with E-state index in [-0.39, 0.29) is 5.56 Å². The maximum absolute atomic E-state index is 13.8. The summed E-state index contributed by atoms with van der Waals surface area (Å²) < 4.78 is 18.3. The second-order valence-corrected chi connectivity index (χ2v) is 5.69. The minimum atomic E-state index is -0.677.